The summed E-state index contributed by atoms with van der Waals surface area (Å²) in [5.41, 5.74) is -0.174. The van der Waals surface area contributed by atoms with Gasteiger partial charge in [-0.15, -0.1) is 0 Å². The number of hydrogen-bond acceptors (Lipinski definition) is 3. The highest BCUT2D eigenvalue weighted by Crippen LogP contribution is 2.35. The van der Waals surface area contributed by atoms with Crippen LogP contribution >= 0.6 is 0 Å². The topological polar surface area (TPSA) is 43.4 Å². The van der Waals surface area contributed by atoms with E-state index >= 15 is 0 Å². The summed E-state index contributed by atoms with van der Waals surface area (Å²) in [6, 6.07) is 8.70. The minimum Gasteiger partial charge on any atom is -0.376 e. The zero-order chi connectivity index (χ0) is 14.1. The summed E-state index contributed by atoms with van der Waals surface area (Å²) in [6.07, 6.45) is 1.24. The van der Waals surface area contributed by atoms with Crippen LogP contribution in [0.5, 0.6) is 0 Å². The fourth-order valence-electron chi connectivity index (χ4n) is 2.66. The van der Waals surface area contributed by atoms with E-state index in [1.165, 1.54) is 0 Å². The van der Waals surface area contributed by atoms with E-state index in [1.54, 1.807) is 24.3 Å². The average Bonchev–Trinajstić information content (AvgIpc) is 2.39. The molecule has 19 heavy (non-hydrogen) atoms. The molecule has 1 aliphatic heterocycles. The molecule has 0 saturated carbocycles. The van der Waals surface area contributed by atoms with Crippen molar-refractivity contribution >= 4 is 9.84 Å². The van der Waals surface area contributed by atoms with E-state index in [9.17, 15) is 8.42 Å². The minimum atomic E-state index is -3.32. The van der Waals surface area contributed by atoms with Gasteiger partial charge in [-0.1, -0.05) is 39.0 Å². The van der Waals surface area contributed by atoms with E-state index in [4.69, 9.17) is 4.74 Å². The molecule has 1 aromatic rings. The van der Waals surface area contributed by atoms with Crippen molar-refractivity contribution in [2.75, 3.05) is 6.61 Å². The molecule has 0 aliphatic carbocycles. The largest absolute Gasteiger partial charge is 0.376 e. The van der Waals surface area contributed by atoms with Crippen molar-refractivity contribution in [1.29, 1.82) is 0 Å². The van der Waals surface area contributed by atoms with Crippen LogP contribution in [0.25, 0.3) is 0 Å². The zero-order valence-corrected chi connectivity index (χ0v) is 12.6. The molecular weight excluding hydrogens is 260 g/mol. The van der Waals surface area contributed by atoms with Crippen LogP contribution in [0.4, 0.5) is 0 Å². The highest BCUT2D eigenvalue weighted by atomic mass is 32.2. The van der Waals surface area contributed by atoms with Gasteiger partial charge in [0.15, 0.2) is 9.84 Å². The Balaban J connectivity index is 2.38. The lowest BCUT2D eigenvalue weighted by Crippen LogP contribution is -2.47. The van der Waals surface area contributed by atoms with Gasteiger partial charge in [0.1, 0.15) is 0 Å². The Morgan fingerprint density at radius 3 is 2.37 bits per heavy atom. The summed E-state index contributed by atoms with van der Waals surface area (Å²) in [6.45, 7) is 6.77. The van der Waals surface area contributed by atoms with Crippen LogP contribution in [-0.2, 0) is 14.6 Å². The summed E-state index contributed by atoms with van der Waals surface area (Å²) < 4.78 is 31.3. The first-order valence-electron chi connectivity index (χ1n) is 6.74. The van der Waals surface area contributed by atoms with Crippen LogP contribution < -0.4 is 0 Å². The Labute approximate surface area is 115 Å². The molecule has 3 nitrogen and oxygen atoms in total. The van der Waals surface area contributed by atoms with E-state index in [-0.39, 0.29) is 11.5 Å². The van der Waals surface area contributed by atoms with E-state index < -0.39 is 15.1 Å². The second-order valence-electron chi connectivity index (χ2n) is 6.20. The van der Waals surface area contributed by atoms with Crippen LogP contribution in [-0.4, -0.2) is 26.4 Å². The summed E-state index contributed by atoms with van der Waals surface area (Å²) in [7, 11) is -3.32. The Morgan fingerprint density at radius 2 is 1.79 bits per heavy atom. The van der Waals surface area contributed by atoms with Gasteiger partial charge in [0.2, 0.25) is 0 Å². The predicted octanol–water partition coefficient (Wildman–Crippen LogP) is 3.05. The standard InChI is InChI=1S/C15H22O3S/c1-15(2,3)14-13(10-7-11-18-14)19(16,17)12-8-5-4-6-9-12/h4-6,8-9,13-14H,7,10-11H2,1-3H3/t13-,14-/m1/s1. The van der Waals surface area contributed by atoms with Crippen molar-refractivity contribution in [3.8, 4) is 0 Å². The number of rotatable bonds is 2. The summed E-state index contributed by atoms with van der Waals surface area (Å²) in [5.74, 6) is 0. The van der Waals surface area contributed by atoms with Crippen molar-refractivity contribution in [2.24, 2.45) is 5.41 Å². The molecule has 0 spiro atoms. The lowest BCUT2D eigenvalue weighted by Gasteiger charge is -2.39. The van der Waals surface area contributed by atoms with Crippen LogP contribution in [0, 0.1) is 5.41 Å². The molecule has 1 aliphatic rings. The highest BCUT2D eigenvalue weighted by molar-refractivity contribution is 7.92. The maximum atomic E-state index is 12.8. The molecule has 0 bridgehead atoms. The Morgan fingerprint density at radius 1 is 1.16 bits per heavy atom. The maximum absolute atomic E-state index is 12.8. The summed E-state index contributed by atoms with van der Waals surface area (Å²) in [4.78, 5) is 0.403. The predicted molar refractivity (Wildman–Crippen MR) is 75.8 cm³/mol. The molecule has 1 aromatic carbocycles. The van der Waals surface area contributed by atoms with Gasteiger partial charge >= 0.3 is 0 Å². The molecule has 0 aromatic heterocycles. The molecule has 4 heteroatoms. The molecule has 1 heterocycles. The third kappa shape index (κ3) is 3.00. The average molecular weight is 282 g/mol. The Bertz CT molecular complexity index is 514. The van der Waals surface area contributed by atoms with Gasteiger partial charge in [-0.25, -0.2) is 8.42 Å². The van der Waals surface area contributed by atoms with Crippen LogP contribution in [0.2, 0.25) is 0 Å². The van der Waals surface area contributed by atoms with Crippen molar-refractivity contribution in [3.63, 3.8) is 0 Å². The first-order valence-corrected chi connectivity index (χ1v) is 8.28. The molecule has 0 N–H and O–H groups in total. The number of benzene rings is 1. The lowest BCUT2D eigenvalue weighted by molar-refractivity contribution is -0.0443. The number of ether oxygens (including phenoxy) is 1. The molecule has 0 amide bonds. The van der Waals surface area contributed by atoms with E-state index in [1.807, 2.05) is 26.8 Å². The van der Waals surface area contributed by atoms with E-state index in [2.05, 4.69) is 0 Å². The van der Waals surface area contributed by atoms with E-state index in [0.29, 0.717) is 17.9 Å². The van der Waals surface area contributed by atoms with Gasteiger partial charge in [-0.2, -0.15) is 0 Å². The molecule has 1 fully saturated rings. The number of sulfone groups is 1. The zero-order valence-electron chi connectivity index (χ0n) is 11.8. The van der Waals surface area contributed by atoms with Crippen molar-refractivity contribution < 1.29 is 13.2 Å². The number of hydrogen-bond donors (Lipinski definition) is 0. The quantitative estimate of drug-likeness (QED) is 0.837. The first kappa shape index (κ1) is 14.5. The smallest absolute Gasteiger partial charge is 0.183 e. The fourth-order valence-corrected chi connectivity index (χ4v) is 4.84. The van der Waals surface area contributed by atoms with E-state index in [0.717, 1.165) is 6.42 Å². The van der Waals surface area contributed by atoms with Crippen LogP contribution in [0.3, 0.4) is 0 Å². The van der Waals surface area contributed by atoms with Gasteiger partial charge in [0.25, 0.3) is 0 Å². The Hall–Kier alpha value is -0.870. The second-order valence-corrected chi connectivity index (χ2v) is 8.36. The molecule has 0 radical (unpaired) electrons. The van der Waals surface area contributed by atoms with Crippen LogP contribution in [0.15, 0.2) is 35.2 Å². The van der Waals surface area contributed by atoms with Gasteiger partial charge in [0, 0.05) is 6.61 Å². The summed E-state index contributed by atoms with van der Waals surface area (Å²) in [5, 5.41) is -0.441. The molecular formula is C15H22O3S. The molecule has 1 saturated heterocycles. The third-order valence-corrected chi connectivity index (χ3v) is 5.80. The van der Waals surface area contributed by atoms with Crippen LogP contribution in [0.1, 0.15) is 33.6 Å². The van der Waals surface area contributed by atoms with Crippen molar-refractivity contribution in [2.45, 2.75) is 49.9 Å². The summed E-state index contributed by atoms with van der Waals surface area (Å²) >= 11 is 0. The molecule has 2 atom stereocenters. The normalized spacial score (nSPS) is 25.2. The van der Waals surface area contributed by atoms with Gasteiger partial charge < -0.3 is 4.74 Å². The molecule has 106 valence electrons. The monoisotopic (exact) mass is 282 g/mol. The minimum absolute atomic E-state index is 0.174. The van der Waals surface area contributed by atoms with Gasteiger partial charge in [-0.3, -0.25) is 0 Å². The van der Waals surface area contributed by atoms with Crippen molar-refractivity contribution in [1.82, 2.24) is 0 Å². The molecule has 2 rings (SSSR count). The van der Waals surface area contributed by atoms with Gasteiger partial charge in [-0.05, 0) is 30.4 Å². The molecule has 0 unspecified atom stereocenters. The van der Waals surface area contributed by atoms with Crippen molar-refractivity contribution in [3.05, 3.63) is 30.3 Å². The second kappa shape index (κ2) is 5.25. The first-order chi connectivity index (χ1) is 8.83. The Kier molecular flexibility index (Phi) is 4.02. The highest BCUT2D eigenvalue weighted by Gasteiger charge is 2.43. The maximum Gasteiger partial charge on any atom is 0.183 e. The van der Waals surface area contributed by atoms with Gasteiger partial charge in [0.05, 0.1) is 16.2 Å². The SMILES string of the molecule is CC(C)(C)[C@@H]1OCCC[C@H]1S(=O)(=O)c1ccccc1. The fraction of sp³-hybridized carbons (Fsp3) is 0.600. The lowest BCUT2D eigenvalue weighted by atomic mass is 9.84. The third-order valence-electron chi connectivity index (χ3n) is 3.59.